The lowest BCUT2D eigenvalue weighted by molar-refractivity contribution is -0.135. The van der Waals surface area contributed by atoms with Gasteiger partial charge in [0.2, 0.25) is 11.8 Å². The molecule has 0 aliphatic carbocycles. The van der Waals surface area contributed by atoms with E-state index in [1.54, 1.807) is 23.9 Å². The van der Waals surface area contributed by atoms with Crippen LogP contribution in [-0.4, -0.2) is 79.9 Å². The molecule has 2 amide bonds. The van der Waals surface area contributed by atoms with Gasteiger partial charge < -0.3 is 15.5 Å². The fourth-order valence-corrected chi connectivity index (χ4v) is 2.55. The highest BCUT2D eigenvalue weighted by atomic mass is 16.2. The number of nitrogens with two attached hydrogens (primary N) is 1. The van der Waals surface area contributed by atoms with Crippen molar-refractivity contribution in [2.75, 3.05) is 47.3 Å². The Labute approximate surface area is 121 Å². The first-order valence-electron chi connectivity index (χ1n) is 7.36. The minimum atomic E-state index is -0.0489. The molecular formula is C14H28N4O2. The molecule has 0 aromatic rings. The van der Waals surface area contributed by atoms with Crippen molar-refractivity contribution in [1.82, 2.24) is 14.7 Å². The van der Waals surface area contributed by atoms with Gasteiger partial charge in [0.05, 0.1) is 6.04 Å². The lowest BCUT2D eigenvalue weighted by Crippen LogP contribution is -2.44. The molecule has 1 aliphatic rings. The largest absolute Gasteiger partial charge is 0.347 e. The van der Waals surface area contributed by atoms with Gasteiger partial charge in [0.1, 0.15) is 0 Å². The Kier molecular flexibility index (Phi) is 6.95. The second kappa shape index (κ2) is 8.21. The summed E-state index contributed by atoms with van der Waals surface area (Å²) in [5, 5.41) is 0. The molecule has 1 unspecified atom stereocenters. The maximum absolute atomic E-state index is 12.1. The van der Waals surface area contributed by atoms with Crippen molar-refractivity contribution in [2.24, 2.45) is 5.73 Å². The standard InChI is InChI=1S/C14H28N4O2/c1-16(2)14(20)12-6-4-10-18(12)11-7-13(19)17(3)9-5-8-15/h12H,4-11,15H2,1-3H3. The third-order valence-electron chi connectivity index (χ3n) is 3.83. The van der Waals surface area contributed by atoms with Crippen molar-refractivity contribution in [3.63, 3.8) is 0 Å². The molecule has 20 heavy (non-hydrogen) atoms. The Morgan fingerprint density at radius 1 is 1.30 bits per heavy atom. The summed E-state index contributed by atoms with van der Waals surface area (Å²) in [4.78, 5) is 29.5. The molecule has 0 saturated carbocycles. The molecule has 1 heterocycles. The Hall–Kier alpha value is -1.14. The van der Waals surface area contributed by atoms with E-state index in [9.17, 15) is 9.59 Å². The second-order valence-electron chi connectivity index (χ2n) is 5.63. The van der Waals surface area contributed by atoms with E-state index in [1.807, 2.05) is 7.05 Å². The predicted molar refractivity (Wildman–Crippen MR) is 79.2 cm³/mol. The minimum Gasteiger partial charge on any atom is -0.347 e. The zero-order valence-electron chi connectivity index (χ0n) is 13.0. The number of hydrogen-bond acceptors (Lipinski definition) is 4. The molecule has 0 aromatic heterocycles. The quantitative estimate of drug-likeness (QED) is 0.699. The van der Waals surface area contributed by atoms with Crippen LogP contribution in [0, 0.1) is 0 Å². The van der Waals surface area contributed by atoms with Gasteiger partial charge in [-0.15, -0.1) is 0 Å². The number of likely N-dealkylation sites (N-methyl/N-ethyl adjacent to an activating group) is 1. The van der Waals surface area contributed by atoms with E-state index in [0.29, 0.717) is 26.1 Å². The normalized spacial score (nSPS) is 19.1. The maximum atomic E-state index is 12.1. The fourth-order valence-electron chi connectivity index (χ4n) is 2.55. The van der Waals surface area contributed by atoms with Crippen LogP contribution in [0.3, 0.4) is 0 Å². The molecule has 0 bridgehead atoms. The number of hydrogen-bond donors (Lipinski definition) is 1. The molecule has 116 valence electrons. The average Bonchev–Trinajstić information content (AvgIpc) is 2.89. The molecule has 1 rings (SSSR count). The number of carbonyl (C=O) groups excluding carboxylic acids is 2. The topological polar surface area (TPSA) is 69.9 Å². The van der Waals surface area contributed by atoms with Gasteiger partial charge in [-0.3, -0.25) is 14.5 Å². The Morgan fingerprint density at radius 2 is 2.00 bits per heavy atom. The molecule has 6 heteroatoms. The molecule has 6 nitrogen and oxygen atoms in total. The van der Waals surface area contributed by atoms with Gasteiger partial charge in [0.25, 0.3) is 0 Å². The fraction of sp³-hybridized carbons (Fsp3) is 0.857. The summed E-state index contributed by atoms with van der Waals surface area (Å²) in [6.07, 6.45) is 3.22. The summed E-state index contributed by atoms with van der Waals surface area (Å²) in [6, 6.07) is -0.0489. The van der Waals surface area contributed by atoms with Crippen molar-refractivity contribution < 1.29 is 9.59 Å². The van der Waals surface area contributed by atoms with E-state index in [2.05, 4.69) is 4.90 Å². The first-order valence-corrected chi connectivity index (χ1v) is 7.36. The lowest BCUT2D eigenvalue weighted by Gasteiger charge is -2.26. The van der Waals surface area contributed by atoms with Gasteiger partial charge in [0, 0.05) is 40.7 Å². The summed E-state index contributed by atoms with van der Waals surface area (Å²) in [7, 11) is 5.37. The molecule has 0 aromatic carbocycles. The number of likely N-dealkylation sites (tertiary alicyclic amines) is 1. The molecule has 0 spiro atoms. The van der Waals surface area contributed by atoms with Gasteiger partial charge in [0.15, 0.2) is 0 Å². The third kappa shape index (κ3) is 4.76. The summed E-state index contributed by atoms with van der Waals surface area (Å²) in [5.74, 6) is 0.271. The third-order valence-corrected chi connectivity index (χ3v) is 3.83. The Balaban J connectivity index is 2.40. The first-order chi connectivity index (χ1) is 9.47. The van der Waals surface area contributed by atoms with E-state index in [4.69, 9.17) is 5.73 Å². The van der Waals surface area contributed by atoms with Gasteiger partial charge >= 0.3 is 0 Å². The zero-order valence-corrected chi connectivity index (χ0v) is 13.0. The Bertz CT molecular complexity index is 333. The van der Waals surface area contributed by atoms with E-state index >= 15 is 0 Å². The van der Waals surface area contributed by atoms with E-state index in [-0.39, 0.29) is 17.9 Å². The minimum absolute atomic E-state index is 0.0489. The first kappa shape index (κ1) is 16.9. The van der Waals surface area contributed by atoms with Gasteiger partial charge in [-0.2, -0.15) is 0 Å². The molecule has 1 saturated heterocycles. The molecule has 2 N–H and O–H groups in total. The summed E-state index contributed by atoms with van der Waals surface area (Å²) >= 11 is 0. The van der Waals surface area contributed by atoms with Crippen molar-refractivity contribution in [2.45, 2.75) is 31.7 Å². The molecule has 0 radical (unpaired) electrons. The van der Waals surface area contributed by atoms with Crippen LogP contribution in [-0.2, 0) is 9.59 Å². The molecular weight excluding hydrogens is 256 g/mol. The Morgan fingerprint density at radius 3 is 2.60 bits per heavy atom. The predicted octanol–water partition coefficient (Wildman–Crippen LogP) is -0.264. The van der Waals surface area contributed by atoms with Crippen LogP contribution < -0.4 is 5.73 Å². The second-order valence-corrected chi connectivity index (χ2v) is 5.63. The van der Waals surface area contributed by atoms with Crippen molar-refractivity contribution >= 4 is 11.8 Å². The average molecular weight is 284 g/mol. The van der Waals surface area contributed by atoms with E-state index in [0.717, 1.165) is 25.8 Å². The highest BCUT2D eigenvalue weighted by Gasteiger charge is 2.31. The van der Waals surface area contributed by atoms with Crippen LogP contribution >= 0.6 is 0 Å². The highest BCUT2D eigenvalue weighted by molar-refractivity contribution is 5.82. The maximum Gasteiger partial charge on any atom is 0.239 e. The van der Waals surface area contributed by atoms with Crippen LogP contribution in [0.5, 0.6) is 0 Å². The van der Waals surface area contributed by atoms with Crippen LogP contribution in [0.2, 0.25) is 0 Å². The summed E-state index contributed by atoms with van der Waals surface area (Å²) in [5.41, 5.74) is 5.44. The number of carbonyl (C=O) groups is 2. The molecule has 1 atom stereocenters. The van der Waals surface area contributed by atoms with Crippen LogP contribution in [0.15, 0.2) is 0 Å². The highest BCUT2D eigenvalue weighted by Crippen LogP contribution is 2.19. The molecule has 1 fully saturated rings. The summed E-state index contributed by atoms with van der Waals surface area (Å²) < 4.78 is 0. The van der Waals surface area contributed by atoms with Crippen molar-refractivity contribution in [1.29, 1.82) is 0 Å². The van der Waals surface area contributed by atoms with Gasteiger partial charge in [-0.1, -0.05) is 0 Å². The van der Waals surface area contributed by atoms with Crippen molar-refractivity contribution in [3.8, 4) is 0 Å². The van der Waals surface area contributed by atoms with Gasteiger partial charge in [-0.25, -0.2) is 0 Å². The number of rotatable bonds is 7. The number of amides is 2. The van der Waals surface area contributed by atoms with Crippen LogP contribution in [0.1, 0.15) is 25.7 Å². The van der Waals surface area contributed by atoms with Crippen molar-refractivity contribution in [3.05, 3.63) is 0 Å². The van der Waals surface area contributed by atoms with Gasteiger partial charge in [-0.05, 0) is 32.4 Å². The van der Waals surface area contributed by atoms with E-state index in [1.165, 1.54) is 0 Å². The van der Waals surface area contributed by atoms with Crippen LogP contribution in [0.25, 0.3) is 0 Å². The summed E-state index contributed by atoms with van der Waals surface area (Å²) in [6.45, 7) is 2.87. The SMILES string of the molecule is CN(C)C(=O)C1CCCN1CCC(=O)N(C)CCCN. The number of nitrogens with zero attached hydrogens (tertiary/aromatic N) is 3. The smallest absolute Gasteiger partial charge is 0.239 e. The van der Waals surface area contributed by atoms with Crippen LogP contribution in [0.4, 0.5) is 0 Å². The zero-order chi connectivity index (χ0) is 15.1. The monoisotopic (exact) mass is 284 g/mol. The lowest BCUT2D eigenvalue weighted by atomic mass is 10.2. The van der Waals surface area contributed by atoms with E-state index < -0.39 is 0 Å². The molecule has 1 aliphatic heterocycles.